The quantitative estimate of drug-likeness (QED) is 0.149. The molecule has 330 valence electrons. The number of benzene rings is 8. The van der Waals surface area contributed by atoms with Crippen LogP contribution in [-0.2, 0) is 21.7 Å². The first kappa shape index (κ1) is 39.8. The summed E-state index contributed by atoms with van der Waals surface area (Å²) < 4.78 is 8.14. The molecule has 0 amide bonds. The van der Waals surface area contributed by atoms with E-state index in [1.807, 2.05) is 22.7 Å². The maximum absolute atomic E-state index is 2.75. The van der Waals surface area contributed by atoms with Gasteiger partial charge in [-0.1, -0.05) is 135 Å². The van der Waals surface area contributed by atoms with Crippen molar-refractivity contribution in [1.29, 1.82) is 0 Å². The fourth-order valence-corrected chi connectivity index (χ4v) is 15.9. The molecule has 3 aromatic heterocycles. The lowest BCUT2D eigenvalue weighted by Crippen LogP contribution is -2.60. The van der Waals surface area contributed by atoms with Crippen LogP contribution in [0.2, 0.25) is 0 Å². The summed E-state index contributed by atoms with van der Waals surface area (Å²) in [6.07, 6.45) is 2.42. The number of thiophene rings is 2. The molecule has 11 aromatic rings. The fraction of sp³-hybridized carbons (Fsp3) is 0.238. The minimum Gasteiger partial charge on any atom is -0.376 e. The van der Waals surface area contributed by atoms with Crippen LogP contribution in [0, 0.1) is 0 Å². The first-order valence-electron chi connectivity index (χ1n) is 24.7. The standard InChI is InChI=1S/C63H53BN2S2/c1-60(2,3)34-18-20-35(21-19-34)66-50-29-43-41-28-46-47(62(6,7)27-26-61(46,4)5)32-54(41)68-53(43)31-40(50)37-22-23-39-57-49(25-24-45-56(57)38-15-10-12-16-44(38)63(45,8)9)65-51-30-42-36-14-11-13-17-52(36)67-55(42)33-48(51)64(66)58(37)59(39)65/h10-25,28-33H,26-27H2,1-9H3. The Morgan fingerprint density at radius 2 is 1.18 bits per heavy atom. The van der Waals surface area contributed by atoms with Gasteiger partial charge in [0, 0.05) is 79.2 Å². The summed E-state index contributed by atoms with van der Waals surface area (Å²) in [5, 5.41) is 8.16. The zero-order chi connectivity index (χ0) is 46.1. The van der Waals surface area contributed by atoms with Crippen molar-refractivity contribution in [2.24, 2.45) is 0 Å². The SMILES string of the molecule is CC(C)(C)c1ccc(N2B3c4cc5sc6ccccc6c5cc4-n4c5ccc6c(c5c5ccc(c3c54)-c3cc4sc5cc7c(cc5c4cc32)C(C)(C)CCC7(C)C)-c2ccccc2C6(C)C)cc1. The van der Waals surface area contributed by atoms with Crippen LogP contribution >= 0.6 is 22.7 Å². The molecule has 0 unspecified atom stereocenters. The minimum atomic E-state index is -0.0967. The van der Waals surface area contributed by atoms with Gasteiger partial charge in [-0.3, -0.25) is 0 Å². The van der Waals surface area contributed by atoms with Crippen LogP contribution in [0.4, 0.5) is 11.4 Å². The van der Waals surface area contributed by atoms with Crippen molar-refractivity contribution in [2.75, 3.05) is 4.81 Å². The number of hydrogen-bond donors (Lipinski definition) is 0. The van der Waals surface area contributed by atoms with E-state index in [-0.39, 0.29) is 28.5 Å². The topological polar surface area (TPSA) is 8.17 Å². The highest BCUT2D eigenvalue weighted by Gasteiger charge is 2.46. The van der Waals surface area contributed by atoms with Gasteiger partial charge in [-0.05, 0) is 145 Å². The number of rotatable bonds is 1. The van der Waals surface area contributed by atoms with E-state index in [0.29, 0.717) is 0 Å². The summed E-state index contributed by atoms with van der Waals surface area (Å²) in [6, 6.07) is 53.2. The Morgan fingerprint density at radius 1 is 0.515 bits per heavy atom. The lowest BCUT2D eigenvalue weighted by atomic mass is 9.44. The number of fused-ring (bicyclic) bond motifs is 19. The molecule has 0 saturated heterocycles. The van der Waals surface area contributed by atoms with Gasteiger partial charge in [0.1, 0.15) is 0 Å². The molecule has 0 fully saturated rings. The molecule has 8 aromatic carbocycles. The second-order valence-electron chi connectivity index (χ2n) is 23.5. The Hall–Kier alpha value is -6.14. The van der Waals surface area contributed by atoms with Gasteiger partial charge < -0.3 is 9.38 Å². The highest BCUT2D eigenvalue weighted by molar-refractivity contribution is 7.26. The average molecular weight is 913 g/mol. The Labute approximate surface area is 407 Å². The molecule has 0 spiro atoms. The second kappa shape index (κ2) is 12.7. The van der Waals surface area contributed by atoms with E-state index in [0.717, 1.165) is 0 Å². The first-order valence-corrected chi connectivity index (χ1v) is 26.4. The number of anilines is 2. The lowest BCUT2D eigenvalue weighted by Gasteiger charge is -2.42. The average Bonchev–Trinajstić information content (AvgIpc) is 4.04. The lowest BCUT2D eigenvalue weighted by molar-refractivity contribution is 0.332. The summed E-state index contributed by atoms with van der Waals surface area (Å²) >= 11 is 3.92. The third-order valence-corrected chi connectivity index (χ3v) is 19.6. The van der Waals surface area contributed by atoms with Crippen LogP contribution < -0.4 is 15.7 Å². The van der Waals surface area contributed by atoms with Crippen LogP contribution in [0.5, 0.6) is 0 Å². The molecule has 5 heterocycles. The monoisotopic (exact) mass is 912 g/mol. The van der Waals surface area contributed by atoms with E-state index in [1.165, 1.54) is 153 Å². The summed E-state index contributed by atoms with van der Waals surface area (Å²) in [6.45, 7) is 21.6. The van der Waals surface area contributed by atoms with Crippen LogP contribution in [0.3, 0.4) is 0 Å². The predicted molar refractivity (Wildman–Crippen MR) is 297 cm³/mol. The van der Waals surface area contributed by atoms with Gasteiger partial charge in [-0.2, -0.15) is 0 Å². The zero-order valence-corrected chi connectivity index (χ0v) is 42.0. The Balaban J connectivity index is 1.10. The van der Waals surface area contributed by atoms with E-state index in [1.54, 1.807) is 0 Å². The molecule has 0 bridgehead atoms. The van der Waals surface area contributed by atoms with Gasteiger partial charge in [0.2, 0.25) is 0 Å². The molecule has 15 rings (SSSR count). The molecule has 0 radical (unpaired) electrons. The molecular formula is C63H53BN2S2. The fourth-order valence-electron chi connectivity index (χ4n) is 13.6. The van der Waals surface area contributed by atoms with Crippen LogP contribution in [0.25, 0.3) is 90.1 Å². The van der Waals surface area contributed by atoms with E-state index in [2.05, 4.69) is 205 Å². The zero-order valence-electron chi connectivity index (χ0n) is 40.4. The normalized spacial score (nSPS) is 17.1. The van der Waals surface area contributed by atoms with Crippen LogP contribution in [0.15, 0.2) is 133 Å². The molecule has 68 heavy (non-hydrogen) atoms. The third kappa shape index (κ3) is 4.94. The van der Waals surface area contributed by atoms with Gasteiger partial charge in [-0.15, -0.1) is 22.7 Å². The molecule has 0 N–H and O–H groups in total. The Kier molecular flexibility index (Phi) is 7.46. The molecule has 0 atom stereocenters. The predicted octanol–water partition coefficient (Wildman–Crippen LogP) is 16.7. The molecular weight excluding hydrogens is 860 g/mol. The maximum Gasteiger partial charge on any atom is 0.333 e. The van der Waals surface area contributed by atoms with Gasteiger partial charge in [-0.25, -0.2) is 0 Å². The van der Waals surface area contributed by atoms with Crippen molar-refractivity contribution in [2.45, 2.75) is 96.8 Å². The summed E-state index contributed by atoms with van der Waals surface area (Å²) in [5.74, 6) is 0. The van der Waals surface area contributed by atoms with Crippen molar-refractivity contribution >= 4 is 114 Å². The number of nitrogens with zero attached hydrogens (tertiary/aromatic N) is 2. The van der Waals surface area contributed by atoms with Gasteiger partial charge in [0.05, 0.1) is 11.0 Å². The second-order valence-corrected chi connectivity index (χ2v) is 25.7. The van der Waals surface area contributed by atoms with Crippen LogP contribution in [0.1, 0.15) is 103 Å². The highest BCUT2D eigenvalue weighted by Crippen LogP contribution is 2.56. The number of hydrogen-bond acceptors (Lipinski definition) is 3. The number of aromatic nitrogens is 1. The first-order chi connectivity index (χ1) is 32.6. The molecule has 5 heteroatoms. The van der Waals surface area contributed by atoms with Crippen molar-refractivity contribution in [3.63, 3.8) is 0 Å². The smallest absolute Gasteiger partial charge is 0.333 e. The van der Waals surface area contributed by atoms with Crippen molar-refractivity contribution in [1.82, 2.24) is 4.57 Å². The molecule has 2 nitrogen and oxygen atoms in total. The van der Waals surface area contributed by atoms with Crippen molar-refractivity contribution in [3.05, 3.63) is 161 Å². The maximum atomic E-state index is 2.75. The molecule has 0 saturated carbocycles. The van der Waals surface area contributed by atoms with E-state index in [9.17, 15) is 0 Å². The van der Waals surface area contributed by atoms with Gasteiger partial charge in [0.25, 0.3) is 0 Å². The largest absolute Gasteiger partial charge is 0.376 e. The highest BCUT2D eigenvalue weighted by atomic mass is 32.1. The van der Waals surface area contributed by atoms with Crippen LogP contribution in [-0.4, -0.2) is 11.4 Å². The molecule has 2 aliphatic carbocycles. The third-order valence-electron chi connectivity index (χ3n) is 17.4. The van der Waals surface area contributed by atoms with E-state index in [4.69, 9.17) is 0 Å². The summed E-state index contributed by atoms with van der Waals surface area (Å²) in [5.41, 5.74) is 22.2. The Morgan fingerprint density at radius 3 is 1.97 bits per heavy atom. The summed E-state index contributed by atoms with van der Waals surface area (Å²) in [7, 11) is 0. The minimum absolute atomic E-state index is 0.0406. The van der Waals surface area contributed by atoms with E-state index < -0.39 is 0 Å². The molecule has 2 aliphatic heterocycles. The van der Waals surface area contributed by atoms with Crippen molar-refractivity contribution in [3.8, 4) is 27.9 Å². The van der Waals surface area contributed by atoms with Gasteiger partial charge in [0.15, 0.2) is 0 Å². The molecule has 4 aliphatic rings. The van der Waals surface area contributed by atoms with Crippen molar-refractivity contribution < 1.29 is 0 Å². The Bertz CT molecular complexity index is 4110. The van der Waals surface area contributed by atoms with Gasteiger partial charge >= 0.3 is 6.85 Å². The summed E-state index contributed by atoms with van der Waals surface area (Å²) in [4.78, 5) is 2.75. The van der Waals surface area contributed by atoms with E-state index >= 15 is 0 Å².